The number of para-hydroxylation sites is 1. The van der Waals surface area contributed by atoms with Crippen molar-refractivity contribution in [3.05, 3.63) is 54.1 Å². The van der Waals surface area contributed by atoms with Crippen molar-refractivity contribution in [3.63, 3.8) is 0 Å². The smallest absolute Gasteiger partial charge is 0.330 e. The van der Waals surface area contributed by atoms with Gasteiger partial charge < -0.3 is 9.47 Å². The van der Waals surface area contributed by atoms with Crippen LogP contribution in [0.2, 0.25) is 0 Å². The van der Waals surface area contributed by atoms with Gasteiger partial charge in [-0.15, -0.1) is 0 Å². The molecule has 0 fully saturated rings. The Kier molecular flexibility index (Phi) is 4.19. The number of esters is 1. The van der Waals surface area contributed by atoms with Crippen LogP contribution < -0.4 is 9.04 Å². The fourth-order valence-corrected chi connectivity index (χ4v) is 4.47. The molecule has 0 saturated heterocycles. The van der Waals surface area contributed by atoms with Gasteiger partial charge in [-0.05, 0) is 35.9 Å². The first-order valence-corrected chi connectivity index (χ1v) is 8.77. The van der Waals surface area contributed by atoms with Crippen molar-refractivity contribution in [2.24, 2.45) is 0 Å². The van der Waals surface area contributed by atoms with Gasteiger partial charge in [0.05, 0.1) is 24.8 Å². The van der Waals surface area contributed by atoms with Gasteiger partial charge in [0.1, 0.15) is 11.8 Å². The van der Waals surface area contributed by atoms with Gasteiger partial charge >= 0.3 is 5.97 Å². The summed E-state index contributed by atoms with van der Waals surface area (Å²) in [6.45, 7) is 0. The van der Waals surface area contributed by atoms with E-state index in [-0.39, 0.29) is 11.3 Å². The van der Waals surface area contributed by atoms with Crippen molar-refractivity contribution in [3.8, 4) is 5.75 Å². The van der Waals surface area contributed by atoms with Crippen molar-refractivity contribution in [1.82, 2.24) is 0 Å². The number of ether oxygens (including phenoxy) is 2. The molecule has 1 unspecified atom stereocenters. The Labute approximate surface area is 140 Å². The molecular weight excluding hydrogens is 330 g/mol. The molecule has 126 valence electrons. The summed E-state index contributed by atoms with van der Waals surface area (Å²) >= 11 is 0. The molecule has 1 heterocycles. The maximum atomic E-state index is 13.1. The van der Waals surface area contributed by atoms with Gasteiger partial charge in [-0.3, -0.25) is 4.31 Å². The van der Waals surface area contributed by atoms with Gasteiger partial charge in [0, 0.05) is 6.42 Å². The molecule has 2 aromatic rings. The fraction of sp³-hybridized carbons (Fsp3) is 0.235. The lowest BCUT2D eigenvalue weighted by molar-refractivity contribution is -0.141. The molecule has 7 heteroatoms. The minimum atomic E-state index is -3.90. The summed E-state index contributed by atoms with van der Waals surface area (Å²) < 4.78 is 37.2. The number of benzene rings is 2. The minimum absolute atomic E-state index is 0.0916. The van der Waals surface area contributed by atoms with Gasteiger partial charge in [0.25, 0.3) is 10.0 Å². The molecule has 1 aliphatic heterocycles. The van der Waals surface area contributed by atoms with Crippen LogP contribution in [0.25, 0.3) is 0 Å². The first-order chi connectivity index (χ1) is 11.5. The molecule has 1 atom stereocenters. The Morgan fingerprint density at radius 1 is 1.08 bits per heavy atom. The molecule has 0 radical (unpaired) electrons. The number of anilines is 1. The lowest BCUT2D eigenvalue weighted by Crippen LogP contribution is -2.43. The number of hydrogen-bond acceptors (Lipinski definition) is 5. The third-order valence-electron chi connectivity index (χ3n) is 4.01. The van der Waals surface area contributed by atoms with Crippen LogP contribution in [0.4, 0.5) is 5.69 Å². The normalized spacial score (nSPS) is 16.6. The van der Waals surface area contributed by atoms with Crippen molar-refractivity contribution in [2.45, 2.75) is 17.4 Å². The summed E-state index contributed by atoms with van der Waals surface area (Å²) in [7, 11) is -1.14. The van der Waals surface area contributed by atoms with E-state index in [0.29, 0.717) is 11.4 Å². The number of methoxy groups -OCH3 is 2. The summed E-state index contributed by atoms with van der Waals surface area (Å²) in [6.07, 6.45) is 0.290. The number of fused-ring (bicyclic) bond motifs is 1. The average Bonchev–Trinajstić information content (AvgIpc) is 3.01. The van der Waals surface area contributed by atoms with Crippen molar-refractivity contribution in [1.29, 1.82) is 0 Å². The molecule has 0 bridgehead atoms. The molecule has 0 amide bonds. The summed E-state index contributed by atoms with van der Waals surface area (Å²) in [5.74, 6) is -0.0245. The van der Waals surface area contributed by atoms with Crippen molar-refractivity contribution >= 4 is 21.7 Å². The predicted octanol–water partition coefficient (Wildman–Crippen LogP) is 1.99. The van der Waals surface area contributed by atoms with E-state index >= 15 is 0 Å². The average molecular weight is 347 g/mol. The van der Waals surface area contributed by atoms with Crippen LogP contribution in [-0.2, 0) is 26.0 Å². The quantitative estimate of drug-likeness (QED) is 0.791. The number of nitrogens with zero attached hydrogens (tertiary/aromatic N) is 1. The van der Waals surface area contributed by atoms with Gasteiger partial charge in [-0.2, -0.15) is 0 Å². The van der Waals surface area contributed by atoms with Gasteiger partial charge in [-0.25, -0.2) is 13.2 Å². The topological polar surface area (TPSA) is 72.9 Å². The highest BCUT2D eigenvalue weighted by atomic mass is 32.2. The highest BCUT2D eigenvalue weighted by Gasteiger charge is 2.42. The van der Waals surface area contributed by atoms with E-state index in [9.17, 15) is 13.2 Å². The van der Waals surface area contributed by atoms with Crippen LogP contribution >= 0.6 is 0 Å². The monoisotopic (exact) mass is 347 g/mol. The molecule has 0 aromatic heterocycles. The van der Waals surface area contributed by atoms with Gasteiger partial charge in [0.15, 0.2) is 0 Å². The predicted molar refractivity (Wildman–Crippen MR) is 88.6 cm³/mol. The summed E-state index contributed by atoms with van der Waals surface area (Å²) in [4.78, 5) is 12.2. The van der Waals surface area contributed by atoms with E-state index in [4.69, 9.17) is 9.47 Å². The molecule has 24 heavy (non-hydrogen) atoms. The lowest BCUT2D eigenvalue weighted by atomic mass is 10.1. The number of rotatable bonds is 4. The highest BCUT2D eigenvalue weighted by Crippen LogP contribution is 2.37. The van der Waals surface area contributed by atoms with E-state index in [1.807, 2.05) is 12.1 Å². The molecular formula is C17H17NO5S. The Morgan fingerprint density at radius 2 is 1.75 bits per heavy atom. The minimum Gasteiger partial charge on any atom is -0.497 e. The lowest BCUT2D eigenvalue weighted by Gasteiger charge is -2.25. The fourth-order valence-electron chi connectivity index (χ4n) is 2.83. The third kappa shape index (κ3) is 2.60. The Morgan fingerprint density at radius 3 is 2.38 bits per heavy atom. The highest BCUT2D eigenvalue weighted by molar-refractivity contribution is 7.93. The van der Waals surface area contributed by atoms with E-state index in [1.165, 1.54) is 26.4 Å². The molecule has 2 aromatic carbocycles. The number of carbonyl (C=O) groups is 1. The molecule has 3 rings (SSSR count). The second-order valence-corrected chi connectivity index (χ2v) is 7.16. The molecule has 1 aliphatic rings. The Hall–Kier alpha value is -2.54. The number of carbonyl (C=O) groups excluding carboxylic acids is 1. The SMILES string of the molecule is COC(=O)C1Cc2ccccc2N1S(=O)(=O)c1ccc(OC)cc1. The second-order valence-electron chi connectivity index (χ2n) is 5.35. The number of sulfonamides is 1. The zero-order valence-electron chi connectivity index (χ0n) is 13.3. The molecule has 0 aliphatic carbocycles. The van der Waals surface area contributed by atoms with Crippen LogP contribution in [0.5, 0.6) is 5.75 Å². The van der Waals surface area contributed by atoms with Crippen LogP contribution in [0.15, 0.2) is 53.4 Å². The van der Waals surface area contributed by atoms with Gasteiger partial charge in [-0.1, -0.05) is 18.2 Å². The molecule has 0 N–H and O–H groups in total. The van der Waals surface area contributed by atoms with Crippen LogP contribution in [0.1, 0.15) is 5.56 Å². The maximum Gasteiger partial charge on any atom is 0.330 e. The van der Waals surface area contributed by atoms with E-state index < -0.39 is 22.0 Å². The third-order valence-corrected chi connectivity index (χ3v) is 5.85. The second kappa shape index (κ2) is 6.16. The van der Waals surface area contributed by atoms with Crippen molar-refractivity contribution in [2.75, 3.05) is 18.5 Å². The maximum absolute atomic E-state index is 13.1. The van der Waals surface area contributed by atoms with Crippen LogP contribution in [-0.4, -0.2) is 34.6 Å². The molecule has 0 saturated carbocycles. The molecule has 0 spiro atoms. The van der Waals surface area contributed by atoms with Crippen molar-refractivity contribution < 1.29 is 22.7 Å². The van der Waals surface area contributed by atoms with E-state index in [0.717, 1.165) is 9.87 Å². The first kappa shape index (κ1) is 16.3. The van der Waals surface area contributed by atoms with Gasteiger partial charge in [0.2, 0.25) is 0 Å². The zero-order valence-corrected chi connectivity index (χ0v) is 14.1. The first-order valence-electron chi connectivity index (χ1n) is 7.33. The summed E-state index contributed by atoms with van der Waals surface area (Å²) in [5, 5.41) is 0. The molecule has 6 nitrogen and oxygen atoms in total. The van der Waals surface area contributed by atoms with Crippen LogP contribution in [0.3, 0.4) is 0 Å². The number of hydrogen-bond donors (Lipinski definition) is 0. The zero-order chi connectivity index (χ0) is 17.3. The Bertz CT molecular complexity index is 861. The van der Waals surface area contributed by atoms with E-state index in [1.54, 1.807) is 24.3 Å². The Balaban J connectivity index is 2.10. The largest absolute Gasteiger partial charge is 0.497 e. The van der Waals surface area contributed by atoms with E-state index in [2.05, 4.69) is 0 Å². The standard InChI is InChI=1S/C17H17NO5S/c1-22-13-7-9-14(10-8-13)24(20,21)18-15-6-4-3-5-12(15)11-16(18)17(19)23-2/h3-10,16H,11H2,1-2H3. The summed E-state index contributed by atoms with van der Waals surface area (Å²) in [5.41, 5.74) is 1.30. The van der Waals surface area contributed by atoms with Crippen LogP contribution in [0, 0.1) is 0 Å². The summed E-state index contributed by atoms with van der Waals surface area (Å²) in [6, 6.07) is 12.2.